The molecule has 0 fully saturated rings. The fourth-order valence-corrected chi connectivity index (χ4v) is 7.08. The maximum absolute atomic E-state index is 4.64. The van der Waals surface area contributed by atoms with Crippen molar-refractivity contribution in [1.29, 1.82) is 0 Å². The number of hydrogen-bond acceptors (Lipinski definition) is 3. The van der Waals surface area contributed by atoms with Gasteiger partial charge in [0.25, 0.3) is 0 Å². The Morgan fingerprint density at radius 2 is 1.67 bits per heavy atom. The SMILES string of the molecule is Cc1c([Si](C)(C)C)sc2c(-c3ccc4ccccc4c3)ncnc12. The van der Waals surface area contributed by atoms with Crippen molar-refractivity contribution in [2.45, 2.75) is 26.6 Å². The Hall–Kier alpha value is -2.04. The number of hydrogen-bond donors (Lipinski definition) is 0. The van der Waals surface area contributed by atoms with Crippen LogP contribution in [0.3, 0.4) is 0 Å². The zero-order chi connectivity index (χ0) is 16.9. The number of benzene rings is 2. The summed E-state index contributed by atoms with van der Waals surface area (Å²) < 4.78 is 2.75. The third kappa shape index (κ3) is 2.46. The van der Waals surface area contributed by atoms with Crippen molar-refractivity contribution >= 4 is 44.9 Å². The van der Waals surface area contributed by atoms with Crippen LogP contribution in [0, 0.1) is 6.92 Å². The molecule has 0 atom stereocenters. The standard InChI is InChI=1S/C20H20N2SSi/c1-13-17-19(23-20(13)24(2,3)4)18(22-12-21-17)16-10-9-14-7-5-6-8-15(14)11-16/h5-12H,1-4H3. The van der Waals surface area contributed by atoms with Crippen LogP contribution in [0.25, 0.3) is 32.2 Å². The molecule has 0 aliphatic carbocycles. The van der Waals surface area contributed by atoms with E-state index in [1.807, 2.05) is 11.3 Å². The van der Waals surface area contributed by atoms with E-state index in [1.165, 1.54) is 31.1 Å². The van der Waals surface area contributed by atoms with Gasteiger partial charge in [-0.15, -0.1) is 11.3 Å². The first-order chi connectivity index (χ1) is 11.4. The molecule has 0 N–H and O–H groups in total. The van der Waals surface area contributed by atoms with E-state index in [2.05, 4.69) is 79.0 Å². The van der Waals surface area contributed by atoms with Gasteiger partial charge in [0.15, 0.2) is 0 Å². The van der Waals surface area contributed by atoms with E-state index in [4.69, 9.17) is 0 Å². The zero-order valence-corrected chi connectivity index (χ0v) is 16.2. The molecule has 2 aromatic heterocycles. The Kier molecular flexibility index (Phi) is 3.55. The molecular weight excluding hydrogens is 328 g/mol. The van der Waals surface area contributed by atoms with Crippen molar-refractivity contribution in [2.24, 2.45) is 0 Å². The van der Waals surface area contributed by atoms with Gasteiger partial charge in [-0.1, -0.05) is 56.0 Å². The Bertz CT molecular complexity index is 1060. The molecule has 0 bridgehead atoms. The number of thiophene rings is 1. The minimum atomic E-state index is -1.38. The molecular formula is C20H20N2SSi. The fraction of sp³-hybridized carbons (Fsp3) is 0.200. The predicted molar refractivity (Wildman–Crippen MR) is 108 cm³/mol. The van der Waals surface area contributed by atoms with Gasteiger partial charge in [0.1, 0.15) is 6.33 Å². The third-order valence-corrected chi connectivity index (χ3v) is 9.39. The van der Waals surface area contributed by atoms with E-state index >= 15 is 0 Å². The zero-order valence-electron chi connectivity index (χ0n) is 14.4. The van der Waals surface area contributed by atoms with Gasteiger partial charge in [0.05, 0.1) is 24.0 Å². The molecule has 0 saturated carbocycles. The molecule has 2 nitrogen and oxygen atoms in total. The Morgan fingerprint density at radius 3 is 2.42 bits per heavy atom. The molecule has 4 aromatic rings. The Morgan fingerprint density at radius 1 is 0.917 bits per heavy atom. The first kappa shape index (κ1) is 15.5. The molecule has 0 unspecified atom stereocenters. The normalized spacial score (nSPS) is 12.2. The largest absolute Gasteiger partial charge is 0.235 e. The van der Waals surface area contributed by atoms with Crippen molar-refractivity contribution in [3.8, 4) is 11.3 Å². The number of rotatable bonds is 2. The molecule has 0 saturated heterocycles. The summed E-state index contributed by atoms with van der Waals surface area (Å²) in [6.07, 6.45) is 1.71. The van der Waals surface area contributed by atoms with Crippen LogP contribution >= 0.6 is 11.3 Å². The fourth-order valence-electron chi connectivity index (χ4n) is 3.28. The van der Waals surface area contributed by atoms with Gasteiger partial charge in [0, 0.05) is 5.56 Å². The van der Waals surface area contributed by atoms with E-state index < -0.39 is 8.07 Å². The summed E-state index contributed by atoms with van der Waals surface area (Å²) in [6, 6.07) is 15.1. The van der Waals surface area contributed by atoms with E-state index in [9.17, 15) is 0 Å². The second-order valence-corrected chi connectivity index (χ2v) is 13.7. The third-order valence-electron chi connectivity index (χ3n) is 4.41. The summed E-state index contributed by atoms with van der Waals surface area (Å²) >= 11 is 1.89. The second-order valence-electron chi connectivity index (χ2n) is 7.27. The smallest absolute Gasteiger partial charge is 0.116 e. The van der Waals surface area contributed by atoms with Crippen LogP contribution in [-0.4, -0.2) is 18.0 Å². The average molecular weight is 349 g/mol. The lowest BCUT2D eigenvalue weighted by molar-refractivity contribution is 1.23. The summed E-state index contributed by atoms with van der Waals surface area (Å²) in [7, 11) is -1.38. The first-order valence-electron chi connectivity index (χ1n) is 8.19. The van der Waals surface area contributed by atoms with Crippen LogP contribution in [0.5, 0.6) is 0 Å². The quantitative estimate of drug-likeness (QED) is 0.455. The summed E-state index contributed by atoms with van der Waals surface area (Å²) in [6.45, 7) is 9.40. The molecule has 4 heteroatoms. The summed E-state index contributed by atoms with van der Waals surface area (Å²) in [5.41, 5.74) is 4.70. The highest BCUT2D eigenvalue weighted by Crippen LogP contribution is 2.33. The minimum Gasteiger partial charge on any atom is -0.235 e. The van der Waals surface area contributed by atoms with Crippen LogP contribution in [0.1, 0.15) is 5.56 Å². The van der Waals surface area contributed by atoms with Crippen LogP contribution in [-0.2, 0) is 0 Å². The van der Waals surface area contributed by atoms with Crippen LogP contribution in [0.2, 0.25) is 19.6 Å². The van der Waals surface area contributed by atoms with E-state index in [-0.39, 0.29) is 0 Å². The highest BCUT2D eigenvalue weighted by atomic mass is 32.1. The van der Waals surface area contributed by atoms with Gasteiger partial charge in [-0.3, -0.25) is 0 Å². The Labute approximate surface area is 147 Å². The van der Waals surface area contributed by atoms with Crippen molar-refractivity contribution in [2.75, 3.05) is 0 Å². The molecule has 0 spiro atoms. The maximum Gasteiger partial charge on any atom is 0.116 e. The van der Waals surface area contributed by atoms with Gasteiger partial charge in [-0.05, 0) is 33.8 Å². The number of nitrogens with zero attached hydrogens (tertiary/aromatic N) is 2. The number of fused-ring (bicyclic) bond motifs is 2. The van der Waals surface area contributed by atoms with Crippen molar-refractivity contribution < 1.29 is 0 Å². The van der Waals surface area contributed by atoms with Gasteiger partial charge in [0.2, 0.25) is 0 Å². The lowest BCUT2D eigenvalue weighted by Gasteiger charge is -2.14. The first-order valence-corrected chi connectivity index (χ1v) is 12.5. The molecule has 2 aromatic carbocycles. The average Bonchev–Trinajstić information content (AvgIpc) is 2.92. The van der Waals surface area contributed by atoms with Gasteiger partial charge in [-0.25, -0.2) is 9.97 Å². The second kappa shape index (κ2) is 5.50. The molecule has 0 amide bonds. The van der Waals surface area contributed by atoms with Crippen LogP contribution in [0.15, 0.2) is 48.8 Å². The highest BCUT2D eigenvalue weighted by molar-refractivity contribution is 7.32. The van der Waals surface area contributed by atoms with Gasteiger partial charge < -0.3 is 0 Å². The van der Waals surface area contributed by atoms with Crippen molar-refractivity contribution in [3.63, 3.8) is 0 Å². The Balaban J connectivity index is 1.99. The molecule has 120 valence electrons. The summed E-state index contributed by atoms with van der Waals surface area (Å²) in [4.78, 5) is 9.22. The van der Waals surface area contributed by atoms with E-state index in [0.717, 1.165) is 11.2 Å². The number of aromatic nitrogens is 2. The van der Waals surface area contributed by atoms with Gasteiger partial charge in [-0.2, -0.15) is 0 Å². The number of aryl methyl sites for hydroxylation is 1. The topological polar surface area (TPSA) is 25.8 Å². The molecule has 0 aliphatic rings. The van der Waals surface area contributed by atoms with E-state index in [1.54, 1.807) is 6.33 Å². The van der Waals surface area contributed by atoms with Gasteiger partial charge >= 0.3 is 0 Å². The monoisotopic (exact) mass is 348 g/mol. The molecule has 0 radical (unpaired) electrons. The van der Waals surface area contributed by atoms with E-state index in [0.29, 0.717) is 0 Å². The highest BCUT2D eigenvalue weighted by Gasteiger charge is 2.25. The van der Waals surface area contributed by atoms with Crippen molar-refractivity contribution in [3.05, 3.63) is 54.4 Å². The lowest BCUT2D eigenvalue weighted by atomic mass is 10.0. The van der Waals surface area contributed by atoms with Crippen LogP contribution < -0.4 is 4.50 Å². The maximum atomic E-state index is 4.64. The molecule has 0 aliphatic heterocycles. The molecule has 24 heavy (non-hydrogen) atoms. The molecule has 2 heterocycles. The summed E-state index contributed by atoms with van der Waals surface area (Å²) in [5.74, 6) is 0. The predicted octanol–water partition coefficient (Wildman–Crippen LogP) is 5.37. The minimum absolute atomic E-state index is 1.06. The van der Waals surface area contributed by atoms with Crippen LogP contribution in [0.4, 0.5) is 0 Å². The lowest BCUT2D eigenvalue weighted by Crippen LogP contribution is -2.36. The molecule has 4 rings (SSSR count). The summed E-state index contributed by atoms with van der Waals surface area (Å²) in [5, 5.41) is 2.51. The van der Waals surface area contributed by atoms with Crippen molar-refractivity contribution in [1.82, 2.24) is 9.97 Å².